The Bertz CT molecular complexity index is 599. The molecule has 0 saturated carbocycles. The van der Waals surface area contributed by atoms with Gasteiger partial charge in [-0.1, -0.05) is 34.8 Å². The van der Waals surface area contributed by atoms with E-state index in [1.54, 1.807) is 24.3 Å². The van der Waals surface area contributed by atoms with E-state index < -0.39 is 0 Å². The number of aromatic nitrogens is 1. The highest BCUT2D eigenvalue weighted by atomic mass is 35.5. The summed E-state index contributed by atoms with van der Waals surface area (Å²) in [4.78, 5) is 4.09. The zero-order valence-corrected chi connectivity index (χ0v) is 11.7. The fourth-order valence-electron chi connectivity index (χ4n) is 1.42. The van der Waals surface area contributed by atoms with Crippen molar-refractivity contribution < 1.29 is 0 Å². The normalized spacial score (nSPS) is 10.4. The zero-order valence-electron chi connectivity index (χ0n) is 9.47. The zero-order chi connectivity index (χ0) is 13.3. The van der Waals surface area contributed by atoms with Gasteiger partial charge in [-0.2, -0.15) is 0 Å². The number of hydrogen-bond acceptors (Lipinski definition) is 3. The van der Waals surface area contributed by atoms with Gasteiger partial charge in [0.15, 0.2) is 5.82 Å². The van der Waals surface area contributed by atoms with Crippen molar-refractivity contribution in [3.63, 3.8) is 0 Å². The lowest BCUT2D eigenvalue weighted by atomic mass is 10.2. The Balaban J connectivity index is 2.40. The first-order valence-corrected chi connectivity index (χ1v) is 6.25. The average molecular weight is 303 g/mol. The second-order valence-electron chi connectivity index (χ2n) is 3.78. The molecule has 0 fully saturated rings. The highest BCUT2D eigenvalue weighted by Crippen LogP contribution is 2.32. The number of nitrogens with one attached hydrogen (secondary N) is 1. The molecule has 3 nitrogen and oxygen atoms in total. The summed E-state index contributed by atoms with van der Waals surface area (Å²) in [5, 5.41) is 4.51. The van der Waals surface area contributed by atoms with Gasteiger partial charge in [-0.25, -0.2) is 4.98 Å². The number of anilines is 3. The van der Waals surface area contributed by atoms with Crippen LogP contribution in [0.4, 0.5) is 17.2 Å². The van der Waals surface area contributed by atoms with Gasteiger partial charge in [-0.05, 0) is 36.8 Å². The van der Waals surface area contributed by atoms with Gasteiger partial charge in [0.25, 0.3) is 0 Å². The van der Waals surface area contributed by atoms with Crippen LogP contribution in [-0.4, -0.2) is 4.98 Å². The molecule has 0 radical (unpaired) electrons. The van der Waals surface area contributed by atoms with Crippen molar-refractivity contribution in [2.24, 2.45) is 0 Å². The van der Waals surface area contributed by atoms with Gasteiger partial charge in [0, 0.05) is 5.02 Å². The number of halogens is 3. The molecular formula is C12H10Cl3N3. The van der Waals surface area contributed by atoms with Crippen molar-refractivity contribution in [2.45, 2.75) is 6.92 Å². The molecule has 0 bridgehead atoms. The molecule has 3 N–H and O–H groups in total. The second kappa shape index (κ2) is 5.22. The SMILES string of the molecule is Cc1cc(Cl)c(Nc2nc(Cl)ccc2N)cc1Cl. The van der Waals surface area contributed by atoms with E-state index in [1.807, 2.05) is 6.92 Å². The molecule has 2 rings (SSSR count). The third-order valence-electron chi connectivity index (χ3n) is 2.39. The van der Waals surface area contributed by atoms with E-state index in [2.05, 4.69) is 10.3 Å². The van der Waals surface area contributed by atoms with Crippen molar-refractivity contribution in [3.05, 3.63) is 45.0 Å². The standard InChI is InChI=1S/C12H10Cl3N3/c1-6-4-8(14)10(5-7(6)13)17-12-9(16)2-3-11(15)18-12/h2-5H,16H2,1H3,(H,17,18). The van der Waals surface area contributed by atoms with E-state index in [9.17, 15) is 0 Å². The summed E-state index contributed by atoms with van der Waals surface area (Å²) in [6.45, 7) is 1.88. The monoisotopic (exact) mass is 301 g/mol. The Hall–Kier alpha value is -1.16. The largest absolute Gasteiger partial charge is 0.396 e. The summed E-state index contributed by atoms with van der Waals surface area (Å²) in [7, 11) is 0. The van der Waals surface area contributed by atoms with Crippen LogP contribution in [0.25, 0.3) is 0 Å². The van der Waals surface area contributed by atoms with Gasteiger partial charge in [0.05, 0.1) is 16.4 Å². The molecule has 0 atom stereocenters. The Morgan fingerprint density at radius 3 is 2.56 bits per heavy atom. The number of nitrogens with zero attached hydrogens (tertiary/aromatic N) is 1. The maximum absolute atomic E-state index is 6.12. The molecule has 0 aliphatic carbocycles. The molecule has 0 amide bonds. The Kier molecular flexibility index (Phi) is 3.85. The lowest BCUT2D eigenvalue weighted by molar-refractivity contribution is 1.31. The van der Waals surface area contributed by atoms with Gasteiger partial charge < -0.3 is 11.1 Å². The summed E-state index contributed by atoms with van der Waals surface area (Å²) in [6.07, 6.45) is 0. The van der Waals surface area contributed by atoms with Crippen molar-refractivity contribution in [3.8, 4) is 0 Å². The number of rotatable bonds is 2. The van der Waals surface area contributed by atoms with Crippen molar-refractivity contribution in [1.29, 1.82) is 0 Å². The van der Waals surface area contributed by atoms with Crippen LogP contribution in [0.15, 0.2) is 24.3 Å². The van der Waals surface area contributed by atoms with E-state index in [0.717, 1.165) is 5.56 Å². The van der Waals surface area contributed by atoms with Gasteiger partial charge >= 0.3 is 0 Å². The molecule has 0 aliphatic heterocycles. The molecule has 0 saturated heterocycles. The van der Waals surface area contributed by atoms with E-state index in [-0.39, 0.29) is 0 Å². The lowest BCUT2D eigenvalue weighted by Crippen LogP contribution is -2.00. The number of nitrogen functional groups attached to an aromatic ring is 1. The molecular weight excluding hydrogens is 293 g/mol. The first kappa shape index (κ1) is 13.3. The average Bonchev–Trinajstić information content (AvgIpc) is 2.30. The van der Waals surface area contributed by atoms with Crippen molar-refractivity contribution in [2.75, 3.05) is 11.1 Å². The van der Waals surface area contributed by atoms with E-state index >= 15 is 0 Å². The maximum atomic E-state index is 6.12. The molecule has 1 aromatic heterocycles. The van der Waals surface area contributed by atoms with Crippen LogP contribution >= 0.6 is 34.8 Å². The quantitative estimate of drug-likeness (QED) is 0.792. The van der Waals surface area contributed by atoms with Crippen molar-refractivity contribution >= 4 is 52.0 Å². The van der Waals surface area contributed by atoms with Crippen LogP contribution in [0.3, 0.4) is 0 Å². The smallest absolute Gasteiger partial charge is 0.155 e. The minimum atomic E-state index is 0.348. The molecule has 94 valence electrons. The minimum absolute atomic E-state index is 0.348. The number of hydrogen-bond donors (Lipinski definition) is 2. The van der Waals surface area contributed by atoms with E-state index in [0.29, 0.717) is 32.4 Å². The minimum Gasteiger partial charge on any atom is -0.396 e. The summed E-state index contributed by atoms with van der Waals surface area (Å²) < 4.78 is 0. The third-order valence-corrected chi connectivity index (χ3v) is 3.32. The van der Waals surface area contributed by atoms with E-state index in [1.165, 1.54) is 0 Å². The molecule has 1 heterocycles. The molecule has 1 aromatic carbocycles. The van der Waals surface area contributed by atoms with Crippen LogP contribution in [0, 0.1) is 6.92 Å². The van der Waals surface area contributed by atoms with Gasteiger partial charge in [-0.15, -0.1) is 0 Å². The van der Waals surface area contributed by atoms with Crippen LogP contribution < -0.4 is 11.1 Å². The van der Waals surface area contributed by atoms with Gasteiger partial charge in [-0.3, -0.25) is 0 Å². The number of benzene rings is 1. The summed E-state index contributed by atoms with van der Waals surface area (Å²) in [5.74, 6) is 0.448. The van der Waals surface area contributed by atoms with Crippen LogP contribution in [0.1, 0.15) is 5.56 Å². The molecule has 18 heavy (non-hydrogen) atoms. The van der Waals surface area contributed by atoms with Crippen LogP contribution in [0.5, 0.6) is 0 Å². The second-order valence-corrected chi connectivity index (χ2v) is 4.98. The van der Waals surface area contributed by atoms with Crippen LogP contribution in [0.2, 0.25) is 15.2 Å². The van der Waals surface area contributed by atoms with Crippen LogP contribution in [-0.2, 0) is 0 Å². The molecule has 0 spiro atoms. The van der Waals surface area contributed by atoms with Crippen molar-refractivity contribution in [1.82, 2.24) is 4.98 Å². The maximum Gasteiger partial charge on any atom is 0.155 e. The predicted molar refractivity (Wildman–Crippen MR) is 78.1 cm³/mol. The number of nitrogens with two attached hydrogens (primary N) is 1. The number of pyridine rings is 1. The Morgan fingerprint density at radius 1 is 1.11 bits per heavy atom. The highest BCUT2D eigenvalue weighted by Gasteiger charge is 2.08. The van der Waals surface area contributed by atoms with E-state index in [4.69, 9.17) is 40.5 Å². The Labute approximate surface area is 120 Å². The molecule has 0 aliphatic rings. The third kappa shape index (κ3) is 2.80. The molecule has 2 aromatic rings. The first-order valence-electron chi connectivity index (χ1n) is 5.12. The topological polar surface area (TPSA) is 50.9 Å². The fourth-order valence-corrected chi connectivity index (χ4v) is 1.99. The summed E-state index contributed by atoms with van der Waals surface area (Å²) in [5.41, 5.74) is 7.81. The van der Waals surface area contributed by atoms with Gasteiger partial charge in [0.1, 0.15) is 5.15 Å². The lowest BCUT2D eigenvalue weighted by Gasteiger charge is -2.11. The van der Waals surface area contributed by atoms with Gasteiger partial charge in [0.2, 0.25) is 0 Å². The summed E-state index contributed by atoms with van der Waals surface area (Å²) in [6, 6.07) is 6.78. The fraction of sp³-hybridized carbons (Fsp3) is 0.0833. The Morgan fingerprint density at radius 2 is 1.83 bits per heavy atom. The first-order chi connectivity index (χ1) is 8.47. The predicted octanol–water partition coefficient (Wildman–Crippen LogP) is 4.68. The molecule has 0 unspecified atom stereocenters. The molecule has 6 heteroatoms. The number of aryl methyl sites for hydroxylation is 1. The summed E-state index contributed by atoms with van der Waals surface area (Å²) >= 11 is 18.0. The highest BCUT2D eigenvalue weighted by molar-refractivity contribution is 6.36.